The Bertz CT molecular complexity index is 773. The summed E-state index contributed by atoms with van der Waals surface area (Å²) in [6.45, 7) is 4.39. The highest BCUT2D eigenvalue weighted by Gasteiger charge is 2.33. The molecule has 0 atom stereocenters. The van der Waals surface area contributed by atoms with Crippen molar-refractivity contribution in [3.05, 3.63) is 41.7 Å². The summed E-state index contributed by atoms with van der Waals surface area (Å²) < 4.78 is 48.7. The van der Waals surface area contributed by atoms with E-state index in [0.717, 1.165) is 19.6 Å². The lowest BCUT2D eigenvalue weighted by Crippen LogP contribution is -2.38. The molecule has 1 aliphatic rings. The van der Waals surface area contributed by atoms with E-state index in [-0.39, 0.29) is 5.69 Å². The molecule has 1 amide bonds. The molecule has 1 fully saturated rings. The van der Waals surface area contributed by atoms with E-state index in [1.54, 1.807) is 24.3 Å². The first-order valence-corrected chi connectivity index (χ1v) is 8.39. The number of aromatic amines is 1. The van der Waals surface area contributed by atoms with Crippen molar-refractivity contribution in [1.82, 2.24) is 15.1 Å². The number of carbonyl (C=O) groups excluding carboxylic acids is 1. The van der Waals surface area contributed by atoms with E-state index in [1.807, 2.05) is 5.10 Å². The number of aromatic nitrogens is 2. The van der Waals surface area contributed by atoms with E-state index in [2.05, 4.69) is 15.3 Å². The van der Waals surface area contributed by atoms with Gasteiger partial charge in [-0.05, 0) is 12.1 Å². The standard InChI is InChI=1S/C17H19F3N4O3/c18-17(19,20)15-11-14(22-23-15)16(25)21-12-2-1-3-13(10-12)27-9-6-24-4-7-26-8-5-24/h1-3,10-11H,4-9H2,(H,21,25)(H,22,23). The van der Waals surface area contributed by atoms with Gasteiger partial charge in [0.05, 0.1) is 13.2 Å². The zero-order valence-electron chi connectivity index (χ0n) is 14.4. The number of rotatable bonds is 6. The predicted molar refractivity (Wildman–Crippen MR) is 90.7 cm³/mol. The molecule has 2 N–H and O–H groups in total. The zero-order valence-corrected chi connectivity index (χ0v) is 14.4. The van der Waals surface area contributed by atoms with Gasteiger partial charge < -0.3 is 14.8 Å². The van der Waals surface area contributed by atoms with Gasteiger partial charge >= 0.3 is 6.18 Å². The van der Waals surface area contributed by atoms with Crippen LogP contribution in [0.4, 0.5) is 18.9 Å². The van der Waals surface area contributed by atoms with Gasteiger partial charge in [-0.3, -0.25) is 14.8 Å². The van der Waals surface area contributed by atoms with E-state index in [0.29, 0.717) is 37.3 Å². The van der Waals surface area contributed by atoms with Gasteiger partial charge in [0.25, 0.3) is 5.91 Å². The van der Waals surface area contributed by atoms with Crippen molar-refractivity contribution in [3.63, 3.8) is 0 Å². The third-order valence-electron chi connectivity index (χ3n) is 3.99. The Labute approximate surface area is 153 Å². The lowest BCUT2D eigenvalue weighted by molar-refractivity contribution is -0.141. The fraction of sp³-hybridized carbons (Fsp3) is 0.412. The SMILES string of the molecule is O=C(Nc1cccc(OCCN2CCOCC2)c1)c1cc(C(F)(F)F)[nH]n1. The number of hydrogen-bond donors (Lipinski definition) is 2. The van der Waals surface area contributed by atoms with Gasteiger partial charge in [-0.25, -0.2) is 0 Å². The van der Waals surface area contributed by atoms with Crippen LogP contribution in [-0.2, 0) is 10.9 Å². The summed E-state index contributed by atoms with van der Waals surface area (Å²) in [6.07, 6.45) is -4.58. The summed E-state index contributed by atoms with van der Waals surface area (Å²) in [6, 6.07) is 7.31. The quantitative estimate of drug-likeness (QED) is 0.800. The van der Waals surface area contributed by atoms with E-state index in [9.17, 15) is 18.0 Å². The highest BCUT2D eigenvalue weighted by Crippen LogP contribution is 2.28. The fourth-order valence-corrected chi connectivity index (χ4v) is 2.56. The topological polar surface area (TPSA) is 79.5 Å². The number of carbonyl (C=O) groups is 1. The van der Waals surface area contributed by atoms with Crippen molar-refractivity contribution in [2.75, 3.05) is 44.8 Å². The van der Waals surface area contributed by atoms with Crippen molar-refractivity contribution in [1.29, 1.82) is 0 Å². The van der Waals surface area contributed by atoms with Gasteiger partial charge in [0.2, 0.25) is 0 Å². The van der Waals surface area contributed by atoms with E-state index >= 15 is 0 Å². The molecule has 27 heavy (non-hydrogen) atoms. The Morgan fingerprint density at radius 2 is 2.07 bits per heavy atom. The molecule has 1 saturated heterocycles. The fourth-order valence-electron chi connectivity index (χ4n) is 2.56. The zero-order chi connectivity index (χ0) is 19.3. The summed E-state index contributed by atoms with van der Waals surface area (Å²) in [5.41, 5.74) is -1.02. The molecule has 10 heteroatoms. The van der Waals surface area contributed by atoms with E-state index in [4.69, 9.17) is 9.47 Å². The number of nitrogens with one attached hydrogen (secondary N) is 2. The van der Waals surface area contributed by atoms with Crippen LogP contribution in [0.2, 0.25) is 0 Å². The van der Waals surface area contributed by atoms with Crippen LogP contribution in [0.5, 0.6) is 5.75 Å². The molecule has 146 valence electrons. The molecule has 3 rings (SSSR count). The van der Waals surface area contributed by atoms with Crippen LogP contribution in [-0.4, -0.2) is 60.5 Å². The minimum atomic E-state index is -4.58. The Morgan fingerprint density at radius 1 is 1.30 bits per heavy atom. The lowest BCUT2D eigenvalue weighted by Gasteiger charge is -2.26. The molecule has 1 aromatic heterocycles. The molecule has 0 spiro atoms. The van der Waals surface area contributed by atoms with Crippen molar-refractivity contribution >= 4 is 11.6 Å². The second-order valence-corrected chi connectivity index (χ2v) is 5.95. The number of morpholine rings is 1. The highest BCUT2D eigenvalue weighted by molar-refractivity contribution is 6.03. The Hall–Kier alpha value is -2.59. The molecule has 0 aliphatic carbocycles. The van der Waals surface area contributed by atoms with Gasteiger partial charge in [0.1, 0.15) is 18.1 Å². The first kappa shape index (κ1) is 19.2. The number of hydrogen-bond acceptors (Lipinski definition) is 5. The van der Waals surface area contributed by atoms with Crippen molar-refractivity contribution in [2.45, 2.75) is 6.18 Å². The molecule has 0 unspecified atom stereocenters. The summed E-state index contributed by atoms with van der Waals surface area (Å²) in [7, 11) is 0. The van der Waals surface area contributed by atoms with Crippen LogP contribution < -0.4 is 10.1 Å². The number of H-pyrrole nitrogens is 1. The first-order chi connectivity index (χ1) is 12.9. The first-order valence-electron chi connectivity index (χ1n) is 8.39. The van der Waals surface area contributed by atoms with Gasteiger partial charge in [0.15, 0.2) is 5.69 Å². The van der Waals surface area contributed by atoms with Gasteiger partial charge in [0, 0.05) is 37.5 Å². The molecule has 7 nitrogen and oxygen atoms in total. The number of ether oxygens (including phenoxy) is 2. The molecular formula is C17H19F3N4O3. The molecule has 2 aromatic rings. The molecule has 1 aliphatic heterocycles. The number of amides is 1. The third kappa shape index (κ3) is 5.44. The summed E-state index contributed by atoms with van der Waals surface area (Å²) in [5, 5.41) is 7.71. The second kappa shape index (κ2) is 8.40. The second-order valence-electron chi connectivity index (χ2n) is 5.95. The van der Waals surface area contributed by atoms with Crippen molar-refractivity contribution in [3.8, 4) is 5.75 Å². The van der Waals surface area contributed by atoms with Crippen LogP contribution in [0.1, 0.15) is 16.2 Å². The Morgan fingerprint density at radius 3 is 2.78 bits per heavy atom. The van der Waals surface area contributed by atoms with Crippen LogP contribution in [0.25, 0.3) is 0 Å². The molecular weight excluding hydrogens is 365 g/mol. The van der Waals surface area contributed by atoms with E-state index in [1.165, 1.54) is 0 Å². The average molecular weight is 384 g/mol. The lowest BCUT2D eigenvalue weighted by atomic mass is 10.2. The number of benzene rings is 1. The monoisotopic (exact) mass is 384 g/mol. The van der Waals surface area contributed by atoms with Crippen LogP contribution >= 0.6 is 0 Å². The summed E-state index contributed by atoms with van der Waals surface area (Å²) >= 11 is 0. The number of alkyl halides is 3. The van der Waals surface area contributed by atoms with Gasteiger partial charge in [-0.15, -0.1) is 0 Å². The minimum Gasteiger partial charge on any atom is -0.492 e. The summed E-state index contributed by atoms with van der Waals surface area (Å²) in [5.74, 6) is -0.189. The Kier molecular flexibility index (Phi) is 5.97. The average Bonchev–Trinajstić information content (AvgIpc) is 3.14. The van der Waals surface area contributed by atoms with E-state index < -0.39 is 17.8 Å². The number of halogens is 3. The smallest absolute Gasteiger partial charge is 0.432 e. The largest absolute Gasteiger partial charge is 0.492 e. The number of nitrogens with zero attached hydrogens (tertiary/aromatic N) is 2. The van der Waals surface area contributed by atoms with Crippen LogP contribution in [0.15, 0.2) is 30.3 Å². The minimum absolute atomic E-state index is 0.346. The van der Waals surface area contributed by atoms with Crippen molar-refractivity contribution in [2.24, 2.45) is 0 Å². The molecule has 1 aromatic carbocycles. The number of anilines is 1. The maximum atomic E-state index is 12.6. The normalized spacial score (nSPS) is 15.5. The van der Waals surface area contributed by atoms with Gasteiger partial charge in [-0.2, -0.15) is 18.3 Å². The summed E-state index contributed by atoms with van der Waals surface area (Å²) in [4.78, 5) is 14.3. The highest BCUT2D eigenvalue weighted by atomic mass is 19.4. The Balaban J connectivity index is 1.53. The molecule has 0 radical (unpaired) electrons. The maximum absolute atomic E-state index is 12.6. The van der Waals surface area contributed by atoms with Crippen molar-refractivity contribution < 1.29 is 27.4 Å². The van der Waals surface area contributed by atoms with Crippen LogP contribution in [0, 0.1) is 0 Å². The molecule has 2 heterocycles. The third-order valence-corrected chi connectivity index (χ3v) is 3.99. The molecule has 0 bridgehead atoms. The van der Waals surface area contributed by atoms with Gasteiger partial charge in [-0.1, -0.05) is 6.07 Å². The molecule has 0 saturated carbocycles. The maximum Gasteiger partial charge on any atom is 0.432 e. The predicted octanol–water partition coefficient (Wildman–Crippen LogP) is 2.39. The van der Waals surface area contributed by atoms with Crippen LogP contribution in [0.3, 0.4) is 0 Å².